The van der Waals surface area contributed by atoms with Gasteiger partial charge in [-0.3, -0.25) is 48.4 Å². The van der Waals surface area contributed by atoms with E-state index in [-0.39, 0.29) is 59.8 Å². The van der Waals surface area contributed by atoms with Gasteiger partial charge in [-0.2, -0.15) is 0 Å². The molecule has 436 valence electrons. The third-order valence-corrected chi connectivity index (χ3v) is 15.4. The van der Waals surface area contributed by atoms with Crippen LogP contribution in [0.5, 0.6) is 11.5 Å². The molecule has 0 saturated carbocycles. The van der Waals surface area contributed by atoms with Crippen molar-refractivity contribution in [1.82, 2.24) is 31.5 Å². The Labute approximate surface area is 476 Å². The van der Waals surface area contributed by atoms with Crippen LogP contribution in [0, 0.1) is 23.7 Å². The van der Waals surface area contributed by atoms with Crippen LogP contribution in [0.2, 0.25) is 0 Å². The van der Waals surface area contributed by atoms with Gasteiger partial charge in [0.2, 0.25) is 11.8 Å². The summed E-state index contributed by atoms with van der Waals surface area (Å²) in [7, 11) is 0. The number of benzene rings is 4. The molecule has 2 fully saturated rings. The number of carboxylic acids is 1. The van der Waals surface area contributed by atoms with Gasteiger partial charge in [0.25, 0.3) is 11.8 Å². The van der Waals surface area contributed by atoms with Crippen molar-refractivity contribution in [3.63, 3.8) is 0 Å². The molecule has 4 aromatic carbocycles. The fourth-order valence-corrected chi connectivity index (χ4v) is 10.1. The summed E-state index contributed by atoms with van der Waals surface area (Å²) in [5.41, 5.74) is 11.6. The Morgan fingerprint density at radius 1 is 0.741 bits per heavy atom. The molecule has 18 nitrogen and oxygen atoms in total. The minimum atomic E-state index is -1.03. The molecule has 4 heterocycles. The van der Waals surface area contributed by atoms with Crippen molar-refractivity contribution in [2.45, 2.75) is 163 Å². The molecule has 6 bridgehead atoms. The molecule has 0 aromatic heterocycles. The van der Waals surface area contributed by atoms with Crippen LogP contribution in [-0.4, -0.2) is 117 Å². The summed E-state index contributed by atoms with van der Waals surface area (Å²) in [6.45, 7) is 18.5. The highest BCUT2D eigenvalue weighted by Gasteiger charge is 2.36. The average Bonchev–Trinajstić information content (AvgIpc) is 3.46. The molecule has 6 N–H and O–H groups in total. The van der Waals surface area contributed by atoms with Crippen LogP contribution in [0.1, 0.15) is 137 Å². The number of amides is 4. The summed E-state index contributed by atoms with van der Waals surface area (Å²) in [5, 5.41) is 27.3. The number of Topliss-reactive ketones (excluding diaryl/α,β-unsaturated/α-hetero) is 3. The molecule has 81 heavy (non-hydrogen) atoms. The summed E-state index contributed by atoms with van der Waals surface area (Å²) in [5.74, 6) is -3.38. The van der Waals surface area contributed by atoms with Gasteiger partial charge in [0.05, 0.1) is 12.1 Å². The highest BCUT2D eigenvalue weighted by atomic mass is 16.5. The fraction of sp³-hybridized carbons (Fsp3) is 0.492. The van der Waals surface area contributed by atoms with Gasteiger partial charge in [0.1, 0.15) is 29.6 Å². The molecule has 18 heteroatoms. The number of aliphatic carboxylic acids is 1. The molecule has 0 spiro atoms. The molecular weight excluding hydrogens is 1030 g/mol. The Kier molecular flexibility index (Phi) is 22.5. The zero-order valence-corrected chi connectivity index (χ0v) is 48.4. The Bertz CT molecular complexity index is 2850. The van der Waals surface area contributed by atoms with E-state index in [2.05, 4.69) is 27.6 Å². The maximum Gasteiger partial charge on any atom is 0.322 e. The van der Waals surface area contributed by atoms with Crippen molar-refractivity contribution in [2.75, 3.05) is 13.1 Å². The van der Waals surface area contributed by atoms with E-state index in [0.717, 1.165) is 33.4 Å². The fourth-order valence-electron chi connectivity index (χ4n) is 10.1. The van der Waals surface area contributed by atoms with Crippen LogP contribution in [0.25, 0.3) is 22.3 Å². The molecule has 10 atom stereocenters. The first-order valence-electron chi connectivity index (χ1n) is 28.4. The SMILES string of the molecule is CC(C)[C@@H]1CC(=O)[C@@H](C)Oc2ccc(cc2)-c2cccc(c2)[C@@H](C)CC(=O)[C@@H]2CCCN(N2)C(=O)[C@H](C)NC1=O.CC(C)[C@H](CC(=O)[C@@H](C)Oc1ccc(-c2cccc([C@@H](C)O)c2)cc1)C(=O)N[C@@H](C)C(=O)N1CCC[C@@H](C(=O)O)N1. The van der Waals surface area contributed by atoms with E-state index >= 15 is 0 Å². The monoisotopic (exact) mass is 1110 g/mol. The zero-order valence-electron chi connectivity index (χ0n) is 48.4. The van der Waals surface area contributed by atoms with Crippen LogP contribution in [0.15, 0.2) is 97.1 Å². The minimum Gasteiger partial charge on any atom is -0.483 e. The van der Waals surface area contributed by atoms with Crippen LogP contribution in [0.4, 0.5) is 0 Å². The molecule has 0 radical (unpaired) electrons. The van der Waals surface area contributed by atoms with Gasteiger partial charge in [-0.05, 0) is 142 Å². The predicted octanol–water partition coefficient (Wildman–Crippen LogP) is 7.92. The van der Waals surface area contributed by atoms with Gasteiger partial charge in [-0.25, -0.2) is 10.9 Å². The number of rotatable bonds is 13. The Morgan fingerprint density at radius 2 is 1.37 bits per heavy atom. The molecular formula is C63H82N6O12. The zero-order chi connectivity index (χ0) is 59.2. The van der Waals surface area contributed by atoms with E-state index in [0.29, 0.717) is 56.7 Å². The highest BCUT2D eigenvalue weighted by molar-refractivity contribution is 5.94. The largest absolute Gasteiger partial charge is 0.483 e. The van der Waals surface area contributed by atoms with Crippen molar-refractivity contribution in [1.29, 1.82) is 0 Å². The quantitative estimate of drug-likeness (QED) is 0.0745. The first kappa shape index (κ1) is 62.9. The number of fused-ring (bicyclic) bond motifs is 12. The van der Waals surface area contributed by atoms with Crippen LogP contribution >= 0.6 is 0 Å². The maximum absolute atomic E-state index is 13.3. The van der Waals surface area contributed by atoms with Gasteiger partial charge in [0.15, 0.2) is 29.6 Å². The Balaban J connectivity index is 0.000000261. The van der Waals surface area contributed by atoms with Crippen LogP contribution in [-0.2, 0) is 38.4 Å². The number of aliphatic hydroxyl groups is 1. The van der Waals surface area contributed by atoms with Crippen molar-refractivity contribution < 1.29 is 58.0 Å². The van der Waals surface area contributed by atoms with Crippen molar-refractivity contribution in [2.24, 2.45) is 23.7 Å². The predicted molar refractivity (Wildman–Crippen MR) is 307 cm³/mol. The van der Waals surface area contributed by atoms with Crippen LogP contribution in [0.3, 0.4) is 0 Å². The normalized spacial score (nSPS) is 22.6. The smallest absolute Gasteiger partial charge is 0.322 e. The number of carbonyl (C=O) groups excluding carboxylic acids is 7. The van der Waals surface area contributed by atoms with Crippen molar-refractivity contribution in [3.05, 3.63) is 108 Å². The molecule has 4 aliphatic rings. The van der Waals surface area contributed by atoms with Crippen molar-refractivity contribution in [3.8, 4) is 33.8 Å². The lowest BCUT2D eigenvalue weighted by molar-refractivity contribution is -0.149. The minimum absolute atomic E-state index is 0.00108. The molecule has 0 unspecified atom stereocenters. The number of hydrogen-bond donors (Lipinski definition) is 6. The highest BCUT2D eigenvalue weighted by Crippen LogP contribution is 2.30. The molecule has 8 rings (SSSR count). The second kappa shape index (κ2) is 28.9. The second-order valence-corrected chi connectivity index (χ2v) is 22.5. The standard InChI is InChI=1S/C32H41N3O5.C31H41N3O7/c1-19(2)27-18-29(36)22(5)40-26-13-11-23(12-14-26)25-9-6-8-24(17-25)20(3)16-30(37)28-10-7-15-35(34-28)32(39)21(4)33-31(27)38;1-18(2)26(29(37)32-19(3)30(38)34-15-7-10-27(33-34)31(39)40)17-28(36)21(5)41-25-13-11-22(12-14-25)24-9-6-8-23(16-24)20(4)35/h6,8-9,11-14,17,19-22,27-28,34H,7,10,15-16,18H2,1-5H3,(H,33,38);6,8-9,11-14,16,18-21,26-27,33,35H,7,10,15,17H2,1-5H3,(H,32,37)(H,39,40)/t20-,21-,22+,27-,28-;19-,20+,21+,26-,27-/m00/s1. The number of nitrogens with zero attached hydrogens (tertiary/aromatic N) is 2. The number of carboxylic acid groups (broad SMARTS) is 1. The van der Waals surface area contributed by atoms with E-state index < -0.39 is 72.1 Å². The topological polar surface area (TPSA) is 250 Å². The molecule has 4 amide bonds. The third kappa shape index (κ3) is 17.4. The lowest BCUT2D eigenvalue weighted by Crippen LogP contribution is -2.59. The number of ether oxygens (including phenoxy) is 2. The van der Waals surface area contributed by atoms with Gasteiger partial charge >= 0.3 is 5.97 Å². The summed E-state index contributed by atoms with van der Waals surface area (Å²) in [4.78, 5) is 103. The number of nitrogens with one attached hydrogen (secondary N) is 4. The van der Waals surface area contributed by atoms with Crippen molar-refractivity contribution >= 4 is 46.9 Å². The second-order valence-electron chi connectivity index (χ2n) is 22.5. The number of aliphatic hydroxyl groups excluding tert-OH is 1. The lowest BCUT2D eigenvalue weighted by atomic mass is 9.88. The summed E-state index contributed by atoms with van der Waals surface area (Å²) in [6.07, 6.45) is 0.512. The molecule has 4 aromatic rings. The maximum atomic E-state index is 13.3. The first-order valence-corrected chi connectivity index (χ1v) is 28.4. The first-order chi connectivity index (χ1) is 38.4. The molecule has 4 aliphatic heterocycles. The third-order valence-electron chi connectivity index (χ3n) is 15.4. The summed E-state index contributed by atoms with van der Waals surface area (Å²) >= 11 is 0. The summed E-state index contributed by atoms with van der Waals surface area (Å²) < 4.78 is 11.8. The van der Waals surface area contributed by atoms with E-state index in [1.54, 1.807) is 46.8 Å². The average molecular weight is 1120 g/mol. The van der Waals surface area contributed by atoms with Gasteiger partial charge in [0, 0.05) is 44.2 Å². The Hall–Kier alpha value is -7.28. The number of hydrazine groups is 2. The number of hydrogen-bond acceptors (Lipinski definition) is 13. The van der Waals surface area contributed by atoms with Gasteiger partial charge in [-0.1, -0.05) is 101 Å². The molecule has 2 saturated heterocycles. The molecule has 0 aliphatic carbocycles. The lowest BCUT2D eigenvalue weighted by Gasteiger charge is -2.35. The van der Waals surface area contributed by atoms with Gasteiger partial charge in [-0.15, -0.1) is 0 Å². The van der Waals surface area contributed by atoms with Crippen LogP contribution < -0.4 is 31.0 Å². The Morgan fingerprint density at radius 3 is 2.00 bits per heavy atom. The van der Waals surface area contributed by atoms with E-state index in [4.69, 9.17) is 9.47 Å². The number of ketones is 3. The number of carbonyl (C=O) groups is 8. The summed E-state index contributed by atoms with van der Waals surface area (Å²) in [6, 6.07) is 27.7. The van der Waals surface area contributed by atoms with E-state index in [1.165, 1.54) is 10.0 Å². The van der Waals surface area contributed by atoms with E-state index in [1.807, 2.05) is 113 Å². The van der Waals surface area contributed by atoms with Gasteiger partial charge < -0.3 is 30.3 Å². The van der Waals surface area contributed by atoms with E-state index in [9.17, 15) is 48.6 Å².